The van der Waals surface area contributed by atoms with Crippen molar-refractivity contribution in [1.29, 1.82) is 0 Å². The van der Waals surface area contributed by atoms with Gasteiger partial charge in [-0.1, -0.05) is 33.9 Å². The van der Waals surface area contributed by atoms with Gasteiger partial charge in [0, 0.05) is 45.4 Å². The molecular weight excluding hydrogens is 665 g/mol. The Morgan fingerprint density at radius 3 is 2.34 bits per heavy atom. The molecule has 1 rings (SSSR count). The second-order valence-electron chi connectivity index (χ2n) is 9.61. The van der Waals surface area contributed by atoms with Crippen LogP contribution in [0.4, 0.5) is 0 Å². The van der Waals surface area contributed by atoms with E-state index in [4.69, 9.17) is 15.0 Å². The normalized spacial score (nSPS) is 21.1. The summed E-state index contributed by atoms with van der Waals surface area (Å²) in [4.78, 5) is 14.6. The fraction of sp³-hybridized carbons (Fsp3) is 0.762. The van der Waals surface area contributed by atoms with E-state index in [-0.39, 0.29) is 52.3 Å². The number of likely N-dealkylation sites (tertiary alicyclic amines) is 1. The average molecular weight is 706 g/mol. The van der Waals surface area contributed by atoms with Crippen molar-refractivity contribution in [2.45, 2.75) is 58.7 Å². The number of hydrogen-bond acceptors (Lipinski definition) is 8. The average Bonchev–Trinajstić information content (AvgIpc) is 3.12. The molecule has 0 radical (unpaired) electrons. The van der Waals surface area contributed by atoms with Crippen LogP contribution in [-0.2, 0) is 49.9 Å². The van der Waals surface area contributed by atoms with Gasteiger partial charge in [0.05, 0.1) is 32.2 Å². The van der Waals surface area contributed by atoms with Crippen molar-refractivity contribution in [2.24, 2.45) is 11.8 Å². The number of hydrogen-bond donors (Lipinski definition) is 3. The molecule has 35 heavy (non-hydrogen) atoms. The monoisotopic (exact) mass is 706 g/mol. The van der Waals surface area contributed by atoms with E-state index < -0.39 is 28.9 Å². The van der Waals surface area contributed by atoms with Crippen LogP contribution in [0.5, 0.6) is 0 Å². The van der Waals surface area contributed by atoms with E-state index in [1.54, 1.807) is 13.8 Å². The second kappa shape index (κ2) is 13.7. The van der Waals surface area contributed by atoms with Gasteiger partial charge in [0.25, 0.3) is 5.91 Å². The van der Waals surface area contributed by atoms with Crippen molar-refractivity contribution in [3.8, 4) is 0 Å². The third-order valence-electron chi connectivity index (χ3n) is 5.90. The molecule has 1 heterocycles. The molecule has 0 aromatic rings. The van der Waals surface area contributed by atoms with Crippen LogP contribution in [0, 0.1) is 11.8 Å². The van der Waals surface area contributed by atoms with Gasteiger partial charge in [-0.15, -0.1) is 0 Å². The first-order valence-corrected chi connectivity index (χ1v) is 14.9. The number of amides is 1. The summed E-state index contributed by atoms with van der Waals surface area (Å²) in [6.07, 6.45) is 0.921. The van der Waals surface area contributed by atoms with E-state index in [0.29, 0.717) is 24.6 Å². The van der Waals surface area contributed by atoms with Gasteiger partial charge < -0.3 is 29.8 Å². The van der Waals surface area contributed by atoms with Crippen molar-refractivity contribution >= 4 is 23.4 Å². The zero-order valence-electron chi connectivity index (χ0n) is 21.7. The maximum atomic E-state index is 12.5. The molecule has 1 aliphatic rings. The first-order chi connectivity index (χ1) is 15.4. The molecule has 4 unspecified atom stereocenters. The first kappa shape index (κ1) is 34.3. The quantitative estimate of drug-likeness (QED) is 0.141. The SMILES string of the molecule is C=C(NC(C)(C)C(=O)NS(C)(=O)=O)C1CC(OCOCP([NH-])(=O)NC)CN1C(=C)C(C)C(C)C.[W]. The van der Waals surface area contributed by atoms with E-state index in [1.165, 1.54) is 7.05 Å². The zero-order valence-corrected chi connectivity index (χ0v) is 26.4. The van der Waals surface area contributed by atoms with Crippen molar-refractivity contribution < 1.29 is 48.3 Å². The summed E-state index contributed by atoms with van der Waals surface area (Å²) in [6.45, 7) is 18.3. The van der Waals surface area contributed by atoms with Gasteiger partial charge in [0.2, 0.25) is 10.0 Å². The third kappa shape index (κ3) is 11.0. The molecule has 14 heteroatoms. The standard InChI is InChI=1S/C21H42N5O6PS.W/c1-14(2)15(3)17(5)26-11-18(32-12-31-13-33(22,28)23-8)10-19(26)16(4)24-21(6,7)20(27)25-34(9,29)30;/h14-15,18-19,24H,4-5,10-13H2,1-3,6-9H3,(H4,22,23,25,27,28);/p-1. The number of carbonyl (C=O) groups is 1. The molecule has 1 amide bonds. The Kier molecular flexibility index (Phi) is 13.4. The summed E-state index contributed by atoms with van der Waals surface area (Å²) in [7, 11) is -5.56. The van der Waals surface area contributed by atoms with Crippen molar-refractivity contribution in [3.05, 3.63) is 30.1 Å². The smallest absolute Gasteiger partial charge is 0.258 e. The molecule has 1 fully saturated rings. The second-order valence-corrected chi connectivity index (χ2v) is 13.5. The molecule has 0 spiro atoms. The molecule has 1 saturated heterocycles. The van der Waals surface area contributed by atoms with Crippen LogP contribution < -0.4 is 15.1 Å². The molecule has 11 nitrogen and oxygen atoms in total. The Labute approximate surface area is 224 Å². The topological polar surface area (TPSA) is 150 Å². The van der Waals surface area contributed by atoms with Gasteiger partial charge in [-0.2, -0.15) is 0 Å². The summed E-state index contributed by atoms with van der Waals surface area (Å²) in [5.74, 6) is -0.167. The molecule has 4 atom stereocenters. The molecule has 0 aromatic carbocycles. The Morgan fingerprint density at radius 1 is 1.29 bits per heavy atom. The Balaban J connectivity index is 0.0000116. The first-order valence-electron chi connectivity index (χ1n) is 11.1. The zero-order chi connectivity index (χ0) is 26.5. The van der Waals surface area contributed by atoms with Crippen LogP contribution in [-0.4, -0.2) is 69.9 Å². The minimum atomic E-state index is -3.71. The van der Waals surface area contributed by atoms with Crippen molar-refractivity contribution in [1.82, 2.24) is 20.0 Å². The Bertz CT molecular complexity index is 914. The third-order valence-corrected chi connectivity index (χ3v) is 7.72. The van der Waals surface area contributed by atoms with Crippen LogP contribution in [0.2, 0.25) is 0 Å². The van der Waals surface area contributed by atoms with Crippen LogP contribution in [0.15, 0.2) is 24.6 Å². The molecule has 0 aromatic heterocycles. The van der Waals surface area contributed by atoms with Crippen molar-refractivity contribution in [3.63, 3.8) is 0 Å². The molecule has 1 aliphatic heterocycles. The maximum absolute atomic E-state index is 12.5. The minimum absolute atomic E-state index is 0. The Hall–Kier alpha value is -0.742. The fourth-order valence-corrected chi connectivity index (χ4v) is 4.48. The minimum Gasteiger partial charge on any atom is -0.604 e. The van der Waals surface area contributed by atoms with Gasteiger partial charge in [0.15, 0.2) is 0 Å². The maximum Gasteiger partial charge on any atom is 0.258 e. The van der Waals surface area contributed by atoms with Crippen molar-refractivity contribution in [2.75, 3.05) is 33.0 Å². The molecular formula is C21H41N5O6PSW-. The summed E-state index contributed by atoms with van der Waals surface area (Å²) >= 11 is 0. The van der Waals surface area contributed by atoms with E-state index in [1.807, 2.05) is 4.72 Å². The number of rotatable bonds is 14. The number of sulfonamides is 1. The van der Waals surface area contributed by atoms with Gasteiger partial charge in [0.1, 0.15) is 12.3 Å². The van der Waals surface area contributed by atoms with E-state index in [0.717, 1.165) is 12.0 Å². The molecule has 0 saturated carbocycles. The van der Waals surface area contributed by atoms with E-state index in [2.05, 4.69) is 49.2 Å². The van der Waals surface area contributed by atoms with E-state index in [9.17, 15) is 17.8 Å². The molecule has 0 aliphatic carbocycles. The summed E-state index contributed by atoms with van der Waals surface area (Å²) in [5, 5.41) is 5.49. The van der Waals surface area contributed by atoms with Crippen LogP contribution in [0.25, 0.3) is 5.50 Å². The Morgan fingerprint density at radius 2 is 1.86 bits per heavy atom. The van der Waals surface area contributed by atoms with Gasteiger partial charge >= 0.3 is 0 Å². The number of carbonyl (C=O) groups excluding carboxylic acids is 1. The number of nitrogens with zero attached hydrogens (tertiary/aromatic N) is 1. The number of nitrogens with one attached hydrogen (secondary N) is 4. The number of allylic oxidation sites excluding steroid dienone is 1. The van der Waals surface area contributed by atoms with Crippen LogP contribution >= 0.6 is 7.44 Å². The molecule has 4 N–H and O–H groups in total. The van der Waals surface area contributed by atoms with E-state index >= 15 is 0 Å². The van der Waals surface area contributed by atoms with Crippen LogP contribution in [0.1, 0.15) is 41.0 Å². The predicted molar refractivity (Wildman–Crippen MR) is 134 cm³/mol. The summed E-state index contributed by atoms with van der Waals surface area (Å²) in [5.41, 5.74) is 7.75. The van der Waals surface area contributed by atoms with Gasteiger partial charge in [-0.05, 0) is 32.7 Å². The number of ether oxygens (including phenoxy) is 2. The predicted octanol–water partition coefficient (Wildman–Crippen LogP) is 2.60. The largest absolute Gasteiger partial charge is 0.604 e. The molecule has 0 bridgehead atoms. The van der Waals surface area contributed by atoms with Gasteiger partial charge in [-0.3, -0.25) is 14.6 Å². The van der Waals surface area contributed by atoms with Gasteiger partial charge in [-0.25, -0.2) is 8.42 Å². The summed E-state index contributed by atoms with van der Waals surface area (Å²) < 4.78 is 47.8. The van der Waals surface area contributed by atoms with Crippen LogP contribution in [0.3, 0.4) is 0 Å². The fourth-order valence-electron chi connectivity index (χ4n) is 3.42. The molecule has 204 valence electrons. The summed E-state index contributed by atoms with van der Waals surface area (Å²) in [6, 6.07) is -0.261.